The number of halogens is 1. The molecule has 236 valence electrons. The number of anilines is 1. The van der Waals surface area contributed by atoms with Gasteiger partial charge in [0.25, 0.3) is 10.0 Å². The van der Waals surface area contributed by atoms with E-state index in [1.165, 1.54) is 36.3 Å². The van der Waals surface area contributed by atoms with Crippen LogP contribution in [0.5, 0.6) is 5.75 Å². The van der Waals surface area contributed by atoms with Crippen LogP contribution in [-0.2, 0) is 32.6 Å². The van der Waals surface area contributed by atoms with Crippen LogP contribution in [0.2, 0.25) is 0 Å². The van der Waals surface area contributed by atoms with E-state index in [1.54, 1.807) is 36.4 Å². The fourth-order valence-electron chi connectivity index (χ4n) is 4.83. The smallest absolute Gasteiger partial charge is 0.264 e. The zero-order chi connectivity index (χ0) is 32.6. The van der Waals surface area contributed by atoms with Crippen LogP contribution in [0.15, 0.2) is 114 Å². The molecule has 0 aliphatic rings. The molecule has 0 heterocycles. The van der Waals surface area contributed by atoms with E-state index in [0.717, 1.165) is 22.0 Å². The van der Waals surface area contributed by atoms with Gasteiger partial charge in [-0.2, -0.15) is 0 Å². The lowest BCUT2D eigenvalue weighted by atomic mass is 10.0. The van der Waals surface area contributed by atoms with Crippen molar-refractivity contribution in [3.8, 4) is 5.75 Å². The van der Waals surface area contributed by atoms with Crippen molar-refractivity contribution in [3.63, 3.8) is 0 Å². The molecule has 0 fully saturated rings. The molecule has 4 aromatic carbocycles. The van der Waals surface area contributed by atoms with Gasteiger partial charge in [0.05, 0.1) is 17.7 Å². The van der Waals surface area contributed by atoms with Crippen molar-refractivity contribution in [2.24, 2.45) is 0 Å². The molecular formula is C35H38FN3O5S. The maximum absolute atomic E-state index is 14.5. The van der Waals surface area contributed by atoms with Gasteiger partial charge in [-0.15, -0.1) is 0 Å². The molecule has 0 saturated heterocycles. The van der Waals surface area contributed by atoms with E-state index in [-0.39, 0.29) is 29.5 Å². The predicted octanol–water partition coefficient (Wildman–Crippen LogP) is 5.58. The number of benzene rings is 4. The third-order valence-corrected chi connectivity index (χ3v) is 8.77. The molecule has 8 nitrogen and oxygen atoms in total. The van der Waals surface area contributed by atoms with Crippen LogP contribution in [0.4, 0.5) is 10.1 Å². The summed E-state index contributed by atoms with van der Waals surface area (Å²) in [5.41, 5.74) is 1.01. The molecule has 0 aliphatic heterocycles. The summed E-state index contributed by atoms with van der Waals surface area (Å²) < 4.78 is 48.2. The summed E-state index contributed by atoms with van der Waals surface area (Å²) in [5.74, 6) is -0.990. The summed E-state index contributed by atoms with van der Waals surface area (Å²) >= 11 is 0. The molecule has 4 aromatic rings. The van der Waals surface area contributed by atoms with E-state index >= 15 is 0 Å². The summed E-state index contributed by atoms with van der Waals surface area (Å²) in [5, 5.41) is 3.00. The normalized spacial score (nSPS) is 12.2. The maximum Gasteiger partial charge on any atom is 0.264 e. The molecule has 45 heavy (non-hydrogen) atoms. The van der Waals surface area contributed by atoms with E-state index in [4.69, 9.17) is 4.74 Å². The number of nitrogens with one attached hydrogen (secondary N) is 1. The lowest BCUT2D eigenvalue weighted by molar-refractivity contribution is -0.140. The zero-order valence-electron chi connectivity index (χ0n) is 25.8. The molecule has 0 aromatic heterocycles. The van der Waals surface area contributed by atoms with E-state index < -0.39 is 39.9 Å². The molecule has 1 atom stereocenters. The van der Waals surface area contributed by atoms with Gasteiger partial charge in [-0.25, -0.2) is 12.8 Å². The minimum atomic E-state index is -4.27. The van der Waals surface area contributed by atoms with Crippen molar-refractivity contribution in [3.05, 3.63) is 126 Å². The molecule has 0 aliphatic carbocycles. The quantitative estimate of drug-likeness (QED) is 0.220. The summed E-state index contributed by atoms with van der Waals surface area (Å²) in [6, 6.07) is 28.0. The largest absolute Gasteiger partial charge is 0.497 e. The van der Waals surface area contributed by atoms with Gasteiger partial charge >= 0.3 is 0 Å². The number of nitrogens with zero attached hydrogens (tertiary/aromatic N) is 2. The molecule has 0 spiro atoms. The Balaban J connectivity index is 1.82. The SMILES string of the molecule is COc1cccc(CN(C(=O)CN(c2ccc(F)cc2)S(=O)(=O)c2ccccc2)[C@@H](Cc2ccccc2)C(=O)NC(C)(C)C)c1. The van der Waals surface area contributed by atoms with Crippen LogP contribution >= 0.6 is 0 Å². The molecule has 0 radical (unpaired) electrons. The molecule has 0 saturated carbocycles. The first-order valence-corrected chi connectivity index (χ1v) is 15.9. The van der Waals surface area contributed by atoms with Crippen LogP contribution in [0.25, 0.3) is 0 Å². The number of sulfonamides is 1. The minimum Gasteiger partial charge on any atom is -0.497 e. The third kappa shape index (κ3) is 8.92. The Morgan fingerprint density at radius 1 is 0.844 bits per heavy atom. The number of carbonyl (C=O) groups is 2. The van der Waals surface area contributed by atoms with Gasteiger partial charge in [0.1, 0.15) is 24.2 Å². The second-order valence-corrected chi connectivity index (χ2v) is 13.5. The summed E-state index contributed by atoms with van der Waals surface area (Å²) in [6.45, 7) is 4.90. The number of hydrogen-bond donors (Lipinski definition) is 1. The average molecular weight is 632 g/mol. The van der Waals surface area contributed by atoms with E-state index in [1.807, 2.05) is 57.2 Å². The van der Waals surface area contributed by atoms with Crippen LogP contribution in [0.1, 0.15) is 31.9 Å². The Labute approximate surface area is 264 Å². The van der Waals surface area contributed by atoms with Crippen LogP contribution in [0, 0.1) is 5.82 Å². The van der Waals surface area contributed by atoms with Gasteiger partial charge in [-0.1, -0.05) is 60.7 Å². The summed E-state index contributed by atoms with van der Waals surface area (Å²) in [4.78, 5) is 29.8. The molecule has 4 rings (SSSR count). The fourth-order valence-corrected chi connectivity index (χ4v) is 6.27. The highest BCUT2D eigenvalue weighted by Gasteiger charge is 2.35. The number of rotatable bonds is 12. The monoisotopic (exact) mass is 631 g/mol. The summed E-state index contributed by atoms with van der Waals surface area (Å²) in [7, 11) is -2.74. The highest BCUT2D eigenvalue weighted by atomic mass is 32.2. The summed E-state index contributed by atoms with van der Waals surface area (Å²) in [6.07, 6.45) is 0.181. The Morgan fingerprint density at radius 3 is 2.04 bits per heavy atom. The van der Waals surface area contributed by atoms with Gasteiger partial charge in [-0.3, -0.25) is 13.9 Å². The van der Waals surface area contributed by atoms with Crippen LogP contribution in [0.3, 0.4) is 0 Å². The van der Waals surface area contributed by atoms with Gasteiger partial charge in [0.2, 0.25) is 11.8 Å². The van der Waals surface area contributed by atoms with Gasteiger partial charge in [-0.05, 0) is 80.4 Å². The average Bonchev–Trinajstić information content (AvgIpc) is 3.02. The molecular weight excluding hydrogens is 593 g/mol. The Kier molecular flexibility index (Phi) is 10.6. The number of ether oxygens (including phenoxy) is 1. The molecule has 10 heteroatoms. The Bertz CT molecular complexity index is 1690. The van der Waals surface area contributed by atoms with Crippen molar-refractivity contribution in [1.29, 1.82) is 0 Å². The zero-order valence-corrected chi connectivity index (χ0v) is 26.6. The number of methoxy groups -OCH3 is 1. The second-order valence-electron chi connectivity index (χ2n) is 11.6. The Hall–Kier alpha value is -4.70. The third-order valence-electron chi connectivity index (χ3n) is 6.98. The van der Waals surface area contributed by atoms with Gasteiger partial charge < -0.3 is 15.0 Å². The van der Waals surface area contributed by atoms with Crippen LogP contribution < -0.4 is 14.4 Å². The van der Waals surface area contributed by atoms with Crippen molar-refractivity contribution in [1.82, 2.24) is 10.2 Å². The number of carbonyl (C=O) groups excluding carboxylic acids is 2. The van der Waals surface area contributed by atoms with E-state index in [2.05, 4.69) is 5.32 Å². The highest BCUT2D eigenvalue weighted by molar-refractivity contribution is 7.92. The Morgan fingerprint density at radius 2 is 1.44 bits per heavy atom. The predicted molar refractivity (Wildman–Crippen MR) is 173 cm³/mol. The lowest BCUT2D eigenvalue weighted by Gasteiger charge is -2.35. The van der Waals surface area contributed by atoms with Crippen molar-refractivity contribution < 1.29 is 27.1 Å². The van der Waals surface area contributed by atoms with Crippen molar-refractivity contribution in [2.75, 3.05) is 18.0 Å². The first-order chi connectivity index (χ1) is 21.4. The highest BCUT2D eigenvalue weighted by Crippen LogP contribution is 2.26. The second kappa shape index (κ2) is 14.4. The molecule has 2 amide bonds. The topological polar surface area (TPSA) is 96.0 Å². The van der Waals surface area contributed by atoms with Gasteiger partial charge in [0.15, 0.2) is 0 Å². The van der Waals surface area contributed by atoms with Crippen molar-refractivity contribution in [2.45, 2.75) is 50.2 Å². The number of amides is 2. The standard InChI is InChI=1S/C35H38FN3O5S/c1-35(2,3)37-34(41)32(23-26-12-7-5-8-13-26)38(24-27-14-11-15-30(22-27)44-4)33(40)25-39(29-20-18-28(36)19-21-29)45(42,43)31-16-9-6-10-17-31/h5-22,32H,23-25H2,1-4H3,(H,37,41)/t32-/m0/s1. The molecule has 0 bridgehead atoms. The molecule has 0 unspecified atom stereocenters. The van der Waals surface area contributed by atoms with Gasteiger partial charge in [0, 0.05) is 18.5 Å². The minimum absolute atomic E-state index is 0.00621. The van der Waals surface area contributed by atoms with Crippen LogP contribution in [-0.4, -0.2) is 50.4 Å². The lowest BCUT2D eigenvalue weighted by Crippen LogP contribution is -2.56. The van der Waals surface area contributed by atoms with E-state index in [0.29, 0.717) is 11.3 Å². The fraction of sp³-hybridized carbons (Fsp3) is 0.257. The number of hydrogen-bond acceptors (Lipinski definition) is 5. The van der Waals surface area contributed by atoms with E-state index in [9.17, 15) is 22.4 Å². The maximum atomic E-state index is 14.5. The van der Waals surface area contributed by atoms with Crippen molar-refractivity contribution >= 4 is 27.5 Å². The molecule has 1 N–H and O–H groups in total. The first kappa shape index (κ1) is 33.2. The first-order valence-electron chi connectivity index (χ1n) is 14.5.